The van der Waals surface area contributed by atoms with Crippen LogP contribution in [0.25, 0.3) is 5.70 Å². The van der Waals surface area contributed by atoms with Gasteiger partial charge in [0.05, 0.1) is 36.7 Å². The molecule has 0 saturated carbocycles. The van der Waals surface area contributed by atoms with Crippen LogP contribution in [0.1, 0.15) is 38.0 Å². The van der Waals surface area contributed by atoms with Gasteiger partial charge in [-0.05, 0) is 32.9 Å². The molecule has 0 amide bonds. The van der Waals surface area contributed by atoms with E-state index in [1.807, 2.05) is 30.3 Å². The van der Waals surface area contributed by atoms with Gasteiger partial charge in [-0.2, -0.15) is 0 Å². The van der Waals surface area contributed by atoms with Crippen molar-refractivity contribution >= 4 is 23.3 Å². The number of benzene rings is 1. The van der Waals surface area contributed by atoms with E-state index in [4.69, 9.17) is 13.9 Å². The number of aliphatic imine (C=N–C) groups is 1. The highest BCUT2D eigenvalue weighted by Gasteiger charge is 2.44. The molecule has 6 heteroatoms. The molecule has 3 rings (SSSR count). The molecule has 2 unspecified atom stereocenters. The van der Waals surface area contributed by atoms with Gasteiger partial charge >= 0.3 is 11.9 Å². The van der Waals surface area contributed by atoms with Gasteiger partial charge in [-0.15, -0.1) is 0 Å². The quantitative estimate of drug-likeness (QED) is 0.707. The second-order valence-electron chi connectivity index (χ2n) is 6.32. The van der Waals surface area contributed by atoms with Gasteiger partial charge in [-0.3, -0.25) is 9.79 Å². The number of carbonyl (C=O) groups is 2. The molecule has 1 aromatic heterocycles. The molecular weight excluding hydrogens is 358 g/mol. The molecule has 0 saturated heterocycles. The Morgan fingerprint density at radius 3 is 2.36 bits per heavy atom. The third kappa shape index (κ3) is 3.76. The lowest BCUT2D eigenvalue weighted by Gasteiger charge is -2.30. The van der Waals surface area contributed by atoms with Crippen LogP contribution in [0.2, 0.25) is 0 Å². The first-order valence-electron chi connectivity index (χ1n) is 9.30. The van der Waals surface area contributed by atoms with E-state index in [-0.39, 0.29) is 13.2 Å². The fourth-order valence-corrected chi connectivity index (χ4v) is 3.42. The molecule has 0 aliphatic carbocycles. The highest BCUT2D eigenvalue weighted by atomic mass is 16.5. The van der Waals surface area contributed by atoms with Crippen molar-refractivity contribution < 1.29 is 23.5 Å². The molecule has 2 heterocycles. The van der Waals surface area contributed by atoms with Gasteiger partial charge in [0.15, 0.2) is 0 Å². The Bertz CT molecular complexity index is 896. The number of nitrogens with zero attached hydrogens (tertiary/aromatic N) is 1. The third-order valence-corrected chi connectivity index (χ3v) is 4.57. The number of hydrogen-bond acceptors (Lipinski definition) is 6. The zero-order valence-corrected chi connectivity index (χ0v) is 16.2. The SMILES string of the molecule is CCOC(=O)C1=C(c2ccccc2)N=C(C)C(C(=O)OCC)C1c1ccco1. The predicted octanol–water partition coefficient (Wildman–Crippen LogP) is 3.99. The number of furan rings is 1. The molecule has 6 nitrogen and oxygen atoms in total. The molecule has 0 radical (unpaired) electrons. The van der Waals surface area contributed by atoms with Crippen LogP contribution < -0.4 is 0 Å². The van der Waals surface area contributed by atoms with E-state index in [1.54, 1.807) is 32.9 Å². The standard InChI is InChI=1S/C22H23NO5/c1-4-26-21(24)17-14(3)23-20(15-10-7-6-8-11-15)19(22(25)27-5-2)18(17)16-12-9-13-28-16/h6-13,17-18H,4-5H2,1-3H3. The molecule has 2 atom stereocenters. The van der Waals surface area contributed by atoms with Gasteiger partial charge in [0.1, 0.15) is 11.7 Å². The lowest BCUT2D eigenvalue weighted by molar-refractivity contribution is -0.146. The summed E-state index contributed by atoms with van der Waals surface area (Å²) < 4.78 is 16.2. The first-order chi connectivity index (χ1) is 13.6. The summed E-state index contributed by atoms with van der Waals surface area (Å²) in [4.78, 5) is 30.4. The monoisotopic (exact) mass is 381 g/mol. The third-order valence-electron chi connectivity index (χ3n) is 4.57. The van der Waals surface area contributed by atoms with Crippen LogP contribution in [0.5, 0.6) is 0 Å². The van der Waals surface area contributed by atoms with Gasteiger partial charge in [0.25, 0.3) is 0 Å². The van der Waals surface area contributed by atoms with E-state index in [0.29, 0.717) is 22.7 Å². The van der Waals surface area contributed by atoms with E-state index in [2.05, 4.69) is 4.99 Å². The molecule has 1 aliphatic rings. The first-order valence-corrected chi connectivity index (χ1v) is 9.30. The van der Waals surface area contributed by atoms with Crippen LogP contribution in [0.15, 0.2) is 63.7 Å². The maximum Gasteiger partial charge on any atom is 0.337 e. The maximum atomic E-state index is 13.0. The molecule has 1 aromatic carbocycles. The summed E-state index contributed by atoms with van der Waals surface area (Å²) in [5, 5.41) is 0. The summed E-state index contributed by atoms with van der Waals surface area (Å²) in [6.45, 7) is 5.69. The normalized spacial score (nSPS) is 19.2. The van der Waals surface area contributed by atoms with Crippen LogP contribution in [-0.2, 0) is 19.1 Å². The second-order valence-corrected chi connectivity index (χ2v) is 6.32. The van der Waals surface area contributed by atoms with Crippen LogP contribution in [0.4, 0.5) is 0 Å². The number of carbonyl (C=O) groups excluding carboxylic acids is 2. The van der Waals surface area contributed by atoms with E-state index >= 15 is 0 Å². The highest BCUT2D eigenvalue weighted by Crippen LogP contribution is 2.43. The highest BCUT2D eigenvalue weighted by molar-refractivity contribution is 6.11. The fourth-order valence-electron chi connectivity index (χ4n) is 3.42. The van der Waals surface area contributed by atoms with Gasteiger partial charge in [0, 0.05) is 11.3 Å². The minimum Gasteiger partial charge on any atom is -0.469 e. The number of rotatable bonds is 6. The maximum absolute atomic E-state index is 13.0. The van der Waals surface area contributed by atoms with Crippen LogP contribution in [-0.4, -0.2) is 30.9 Å². The molecule has 0 bridgehead atoms. The summed E-state index contributed by atoms with van der Waals surface area (Å²) >= 11 is 0. The van der Waals surface area contributed by atoms with E-state index in [1.165, 1.54) is 6.26 Å². The fraction of sp³-hybridized carbons (Fsp3) is 0.318. The van der Waals surface area contributed by atoms with Crippen molar-refractivity contribution in [3.63, 3.8) is 0 Å². The minimum atomic E-state index is -0.766. The zero-order chi connectivity index (χ0) is 20.1. The first kappa shape index (κ1) is 19.6. The van der Waals surface area contributed by atoms with Crippen molar-refractivity contribution in [3.8, 4) is 0 Å². The van der Waals surface area contributed by atoms with Crippen molar-refractivity contribution in [2.24, 2.45) is 10.9 Å². The lowest BCUT2D eigenvalue weighted by atomic mass is 9.77. The molecule has 28 heavy (non-hydrogen) atoms. The van der Waals surface area contributed by atoms with Gasteiger partial charge < -0.3 is 13.9 Å². The Balaban J connectivity index is 2.24. The van der Waals surface area contributed by atoms with Gasteiger partial charge in [-0.25, -0.2) is 4.79 Å². The largest absolute Gasteiger partial charge is 0.469 e. The van der Waals surface area contributed by atoms with Crippen molar-refractivity contribution in [2.75, 3.05) is 13.2 Å². The second kappa shape index (κ2) is 8.69. The molecule has 1 aliphatic heterocycles. The number of hydrogen-bond donors (Lipinski definition) is 0. The van der Waals surface area contributed by atoms with E-state index in [9.17, 15) is 9.59 Å². The summed E-state index contributed by atoms with van der Waals surface area (Å²) in [7, 11) is 0. The summed E-state index contributed by atoms with van der Waals surface area (Å²) in [6, 6.07) is 12.8. The molecule has 2 aromatic rings. The van der Waals surface area contributed by atoms with Crippen molar-refractivity contribution in [1.29, 1.82) is 0 Å². The number of esters is 2. The smallest absolute Gasteiger partial charge is 0.337 e. The Morgan fingerprint density at radius 1 is 1.04 bits per heavy atom. The topological polar surface area (TPSA) is 78.1 Å². The Hall–Kier alpha value is -3.15. The van der Waals surface area contributed by atoms with Crippen LogP contribution in [0.3, 0.4) is 0 Å². The molecule has 0 spiro atoms. The van der Waals surface area contributed by atoms with E-state index < -0.39 is 23.8 Å². The van der Waals surface area contributed by atoms with Crippen LogP contribution >= 0.6 is 0 Å². The number of ether oxygens (including phenoxy) is 2. The Kier molecular flexibility index (Phi) is 6.09. The summed E-state index contributed by atoms with van der Waals surface area (Å²) in [5.74, 6) is -1.92. The average molecular weight is 381 g/mol. The summed E-state index contributed by atoms with van der Waals surface area (Å²) in [5.41, 5.74) is 2.11. The van der Waals surface area contributed by atoms with Crippen molar-refractivity contribution in [2.45, 2.75) is 26.7 Å². The van der Waals surface area contributed by atoms with Crippen molar-refractivity contribution in [1.82, 2.24) is 0 Å². The lowest BCUT2D eigenvalue weighted by Crippen LogP contribution is -2.36. The minimum absolute atomic E-state index is 0.210. The average Bonchev–Trinajstić information content (AvgIpc) is 3.22. The molecule has 0 N–H and O–H groups in total. The van der Waals surface area contributed by atoms with E-state index in [0.717, 1.165) is 5.56 Å². The molecule has 146 valence electrons. The van der Waals surface area contributed by atoms with Crippen LogP contribution in [0, 0.1) is 5.92 Å². The molecule has 0 fully saturated rings. The van der Waals surface area contributed by atoms with Gasteiger partial charge in [-0.1, -0.05) is 30.3 Å². The predicted molar refractivity (Wildman–Crippen MR) is 105 cm³/mol. The zero-order valence-electron chi connectivity index (χ0n) is 16.2. The van der Waals surface area contributed by atoms with Crippen molar-refractivity contribution in [3.05, 3.63) is 65.6 Å². The molecular formula is C22H23NO5. The van der Waals surface area contributed by atoms with Gasteiger partial charge in [0.2, 0.25) is 0 Å². The Labute approximate surface area is 163 Å². The Morgan fingerprint density at radius 2 is 1.75 bits per heavy atom. The summed E-state index contributed by atoms with van der Waals surface area (Å²) in [6.07, 6.45) is 1.52.